The smallest absolute Gasteiger partial charge is 0.323 e. The molecule has 0 amide bonds. The molecule has 4 rings (SSSR count). The minimum absolute atomic E-state index is 0.111. The molecule has 2 aromatic rings. The number of cyclic esters (lactones) is 1. The van der Waals surface area contributed by atoms with Gasteiger partial charge < -0.3 is 9.47 Å². The molecular formula is C26H32BrNO3. The van der Waals surface area contributed by atoms with Gasteiger partial charge in [-0.1, -0.05) is 67.9 Å². The summed E-state index contributed by atoms with van der Waals surface area (Å²) in [5, 5.41) is 0. The molecule has 2 saturated heterocycles. The van der Waals surface area contributed by atoms with Crippen LogP contribution in [0.4, 0.5) is 0 Å². The number of fused-ring (bicyclic) bond motifs is 1. The van der Waals surface area contributed by atoms with Crippen LogP contribution >= 0.6 is 15.9 Å². The maximum atomic E-state index is 12.8. The fraction of sp³-hybridized carbons (Fsp3) is 0.500. The van der Waals surface area contributed by atoms with Gasteiger partial charge in [0.15, 0.2) is 0 Å². The molecule has 0 bridgehead atoms. The van der Waals surface area contributed by atoms with Crippen molar-refractivity contribution in [3.8, 4) is 5.75 Å². The average Bonchev–Trinajstić information content (AvgIpc) is 2.73. The van der Waals surface area contributed by atoms with Gasteiger partial charge in [0.05, 0.1) is 0 Å². The lowest BCUT2D eigenvalue weighted by molar-refractivity contribution is -0.176. The summed E-state index contributed by atoms with van der Waals surface area (Å²) < 4.78 is 12.9. The van der Waals surface area contributed by atoms with E-state index in [4.69, 9.17) is 9.47 Å². The van der Waals surface area contributed by atoms with Gasteiger partial charge in [-0.05, 0) is 59.6 Å². The first-order valence-electron chi connectivity index (χ1n) is 11.2. The van der Waals surface area contributed by atoms with Gasteiger partial charge in [0.1, 0.15) is 24.5 Å². The van der Waals surface area contributed by atoms with Crippen LogP contribution in [0.2, 0.25) is 0 Å². The number of hydrogen-bond donors (Lipinski definition) is 0. The summed E-state index contributed by atoms with van der Waals surface area (Å²) >= 11 is 3.53. The predicted octanol–water partition coefficient (Wildman–Crippen LogP) is 5.89. The molecule has 166 valence electrons. The normalized spacial score (nSPS) is 26.8. The molecule has 0 spiro atoms. The van der Waals surface area contributed by atoms with Crippen LogP contribution in [0.5, 0.6) is 5.75 Å². The fourth-order valence-corrected chi connectivity index (χ4v) is 5.05. The minimum Gasteiger partial charge on any atom is -0.490 e. The van der Waals surface area contributed by atoms with Crippen molar-refractivity contribution in [1.82, 2.24) is 4.90 Å². The molecule has 2 aliphatic heterocycles. The van der Waals surface area contributed by atoms with Gasteiger partial charge in [0.2, 0.25) is 0 Å². The molecule has 2 aliphatic rings. The Morgan fingerprint density at radius 3 is 2.39 bits per heavy atom. The van der Waals surface area contributed by atoms with E-state index in [1.54, 1.807) is 0 Å². The Kier molecular flexibility index (Phi) is 6.45. The minimum atomic E-state index is -0.269. The van der Waals surface area contributed by atoms with E-state index in [9.17, 15) is 4.79 Å². The lowest BCUT2D eigenvalue weighted by atomic mass is 9.82. The second-order valence-electron chi connectivity index (χ2n) is 9.91. The van der Waals surface area contributed by atoms with Crippen LogP contribution in [0.25, 0.3) is 0 Å². The molecular weight excluding hydrogens is 454 g/mol. The lowest BCUT2D eigenvalue weighted by Crippen LogP contribution is -2.58. The van der Waals surface area contributed by atoms with Gasteiger partial charge in [-0.3, -0.25) is 9.69 Å². The number of halogens is 1. The second kappa shape index (κ2) is 8.95. The number of ether oxygens (including phenoxy) is 2. The van der Waals surface area contributed by atoms with E-state index in [0.29, 0.717) is 19.1 Å². The first-order valence-corrected chi connectivity index (χ1v) is 12.0. The van der Waals surface area contributed by atoms with Crippen molar-refractivity contribution in [2.45, 2.75) is 64.1 Å². The summed E-state index contributed by atoms with van der Waals surface area (Å²) in [7, 11) is 0. The van der Waals surface area contributed by atoms with Gasteiger partial charge in [-0.15, -0.1) is 0 Å². The molecule has 0 aliphatic carbocycles. The third-order valence-corrected chi connectivity index (χ3v) is 7.06. The third kappa shape index (κ3) is 4.98. The quantitative estimate of drug-likeness (QED) is 0.505. The highest BCUT2D eigenvalue weighted by atomic mass is 79.9. The maximum absolute atomic E-state index is 12.8. The highest BCUT2D eigenvalue weighted by Gasteiger charge is 2.45. The van der Waals surface area contributed by atoms with E-state index in [1.165, 1.54) is 11.1 Å². The molecule has 0 unspecified atom stereocenters. The number of esters is 1. The summed E-state index contributed by atoms with van der Waals surface area (Å²) in [6.45, 7) is 9.94. The molecule has 2 fully saturated rings. The lowest BCUT2D eigenvalue weighted by Gasteiger charge is -2.48. The summed E-state index contributed by atoms with van der Waals surface area (Å²) in [6.07, 6.45) is 1.61. The highest BCUT2D eigenvalue weighted by molar-refractivity contribution is 9.10. The van der Waals surface area contributed by atoms with Gasteiger partial charge in [0, 0.05) is 17.1 Å². The summed E-state index contributed by atoms with van der Waals surface area (Å²) in [4.78, 5) is 15.2. The second-order valence-corrected chi connectivity index (χ2v) is 10.8. The number of rotatable bonds is 4. The molecule has 31 heavy (non-hydrogen) atoms. The van der Waals surface area contributed by atoms with E-state index in [0.717, 1.165) is 23.1 Å². The van der Waals surface area contributed by atoms with Crippen molar-refractivity contribution in [3.05, 3.63) is 64.1 Å². The van der Waals surface area contributed by atoms with E-state index >= 15 is 0 Å². The van der Waals surface area contributed by atoms with E-state index < -0.39 is 0 Å². The Morgan fingerprint density at radius 2 is 1.74 bits per heavy atom. The number of morpholine rings is 1. The van der Waals surface area contributed by atoms with Crippen LogP contribution in [-0.4, -0.2) is 36.2 Å². The van der Waals surface area contributed by atoms with Crippen molar-refractivity contribution in [3.63, 3.8) is 0 Å². The van der Waals surface area contributed by atoms with Crippen molar-refractivity contribution in [2.75, 3.05) is 13.2 Å². The van der Waals surface area contributed by atoms with Crippen LogP contribution in [-0.2, 0) is 14.9 Å². The zero-order valence-electron chi connectivity index (χ0n) is 18.8. The van der Waals surface area contributed by atoms with Gasteiger partial charge in [0.25, 0.3) is 0 Å². The zero-order valence-corrected chi connectivity index (χ0v) is 20.4. The topological polar surface area (TPSA) is 38.8 Å². The van der Waals surface area contributed by atoms with Crippen molar-refractivity contribution in [2.24, 2.45) is 5.92 Å². The largest absolute Gasteiger partial charge is 0.490 e. The highest BCUT2D eigenvalue weighted by Crippen LogP contribution is 2.41. The van der Waals surface area contributed by atoms with E-state index in [-0.39, 0.29) is 29.6 Å². The predicted molar refractivity (Wildman–Crippen MR) is 126 cm³/mol. The number of benzene rings is 2. The maximum Gasteiger partial charge on any atom is 0.323 e. The first-order chi connectivity index (χ1) is 14.7. The van der Waals surface area contributed by atoms with Gasteiger partial charge in [-0.2, -0.15) is 0 Å². The molecule has 2 heterocycles. The fourth-order valence-electron chi connectivity index (χ4n) is 4.78. The van der Waals surface area contributed by atoms with Crippen molar-refractivity contribution >= 4 is 21.9 Å². The standard InChI is InChI=1S/C26H32BrNO3/c1-17-5-14-23-25(29)31-22(15-28(23)24(17)18-6-10-20(27)11-7-18)16-30-21-12-8-19(9-13-21)26(2,3)4/h6-13,17,22-24H,5,14-16H2,1-4H3/t17-,22-,23+,24+/m1/s1. The number of nitrogens with zero attached hydrogens (tertiary/aromatic N) is 1. The van der Waals surface area contributed by atoms with E-state index in [2.05, 4.69) is 84.9 Å². The van der Waals surface area contributed by atoms with Gasteiger partial charge >= 0.3 is 5.97 Å². The molecule has 2 aromatic carbocycles. The monoisotopic (exact) mass is 485 g/mol. The molecule has 5 heteroatoms. The van der Waals surface area contributed by atoms with Gasteiger partial charge in [-0.25, -0.2) is 0 Å². The summed E-state index contributed by atoms with van der Waals surface area (Å²) in [6, 6.07) is 16.8. The SMILES string of the molecule is C[C@@H]1CC[C@H]2C(=O)O[C@@H](COc3ccc(C(C)(C)C)cc3)CN2[C@@H]1c1ccc(Br)cc1. The Bertz CT molecular complexity index is 904. The van der Waals surface area contributed by atoms with Crippen LogP contribution in [0, 0.1) is 5.92 Å². The number of carbonyl (C=O) groups is 1. The number of piperidine rings is 1. The molecule has 4 nitrogen and oxygen atoms in total. The Hall–Kier alpha value is -1.85. The van der Waals surface area contributed by atoms with Crippen LogP contribution in [0.15, 0.2) is 53.0 Å². The number of hydrogen-bond acceptors (Lipinski definition) is 4. The Labute approximate surface area is 194 Å². The zero-order chi connectivity index (χ0) is 22.2. The molecule has 0 saturated carbocycles. The van der Waals surface area contributed by atoms with Crippen molar-refractivity contribution in [1.29, 1.82) is 0 Å². The summed E-state index contributed by atoms with van der Waals surface area (Å²) in [5.41, 5.74) is 2.64. The summed E-state index contributed by atoms with van der Waals surface area (Å²) in [5.74, 6) is 1.18. The third-order valence-electron chi connectivity index (χ3n) is 6.53. The molecule has 0 aromatic heterocycles. The number of carbonyl (C=O) groups excluding carboxylic acids is 1. The Balaban J connectivity index is 1.46. The van der Waals surface area contributed by atoms with Crippen LogP contribution < -0.4 is 4.74 Å². The average molecular weight is 486 g/mol. The van der Waals surface area contributed by atoms with Crippen LogP contribution in [0.3, 0.4) is 0 Å². The molecule has 0 radical (unpaired) electrons. The molecule has 0 N–H and O–H groups in total. The first kappa shape index (κ1) is 22.3. The molecule has 4 atom stereocenters. The van der Waals surface area contributed by atoms with Crippen molar-refractivity contribution < 1.29 is 14.3 Å². The Morgan fingerprint density at radius 1 is 1.06 bits per heavy atom. The van der Waals surface area contributed by atoms with Crippen LogP contribution in [0.1, 0.15) is 57.7 Å². The van der Waals surface area contributed by atoms with E-state index in [1.807, 2.05) is 12.1 Å².